The highest BCUT2D eigenvalue weighted by Gasteiger charge is 2.41. The number of rotatable bonds is 2. The minimum Gasteiger partial charge on any atom is -0.375 e. The number of morpholine rings is 1. The molecular weight excluding hydrogens is 281 g/mol. The van der Waals surface area contributed by atoms with E-state index in [0.717, 1.165) is 25.7 Å². The molecule has 0 N–H and O–H groups in total. The van der Waals surface area contributed by atoms with Gasteiger partial charge >= 0.3 is 0 Å². The molecule has 0 radical (unpaired) electrons. The number of ether oxygens (including phenoxy) is 1. The van der Waals surface area contributed by atoms with E-state index in [1.165, 1.54) is 22.5 Å². The maximum atomic E-state index is 13.8. The molecule has 0 bridgehead atoms. The molecule has 20 heavy (non-hydrogen) atoms. The van der Waals surface area contributed by atoms with Crippen molar-refractivity contribution in [3.05, 3.63) is 30.1 Å². The van der Waals surface area contributed by atoms with Gasteiger partial charge < -0.3 is 4.74 Å². The number of benzene rings is 1. The van der Waals surface area contributed by atoms with E-state index < -0.39 is 15.8 Å². The van der Waals surface area contributed by atoms with Gasteiger partial charge in [0.2, 0.25) is 10.0 Å². The highest BCUT2D eigenvalue weighted by Crippen LogP contribution is 2.32. The third kappa shape index (κ3) is 2.36. The van der Waals surface area contributed by atoms with Gasteiger partial charge in [0.05, 0.1) is 18.8 Å². The van der Waals surface area contributed by atoms with E-state index in [1.54, 1.807) is 6.07 Å². The van der Waals surface area contributed by atoms with Crippen LogP contribution in [0.25, 0.3) is 0 Å². The van der Waals surface area contributed by atoms with Crippen molar-refractivity contribution < 1.29 is 17.5 Å². The topological polar surface area (TPSA) is 46.6 Å². The largest absolute Gasteiger partial charge is 0.375 e. The molecule has 1 heterocycles. The van der Waals surface area contributed by atoms with Crippen molar-refractivity contribution in [1.82, 2.24) is 4.31 Å². The molecule has 1 aliphatic heterocycles. The molecule has 2 unspecified atom stereocenters. The van der Waals surface area contributed by atoms with Crippen molar-refractivity contribution in [2.45, 2.75) is 42.7 Å². The van der Waals surface area contributed by atoms with Gasteiger partial charge in [-0.1, -0.05) is 25.0 Å². The summed E-state index contributed by atoms with van der Waals surface area (Å²) in [5.74, 6) is -0.689. The first kappa shape index (κ1) is 14.0. The Hall–Kier alpha value is -0.980. The molecule has 0 amide bonds. The summed E-state index contributed by atoms with van der Waals surface area (Å²) in [7, 11) is -3.78. The van der Waals surface area contributed by atoms with Crippen molar-refractivity contribution in [2.75, 3.05) is 13.2 Å². The number of hydrogen-bond acceptors (Lipinski definition) is 3. The van der Waals surface area contributed by atoms with Crippen LogP contribution in [0.1, 0.15) is 25.7 Å². The van der Waals surface area contributed by atoms with Crippen molar-refractivity contribution in [1.29, 1.82) is 0 Å². The summed E-state index contributed by atoms with van der Waals surface area (Å²) >= 11 is 0. The van der Waals surface area contributed by atoms with Crippen molar-refractivity contribution >= 4 is 10.0 Å². The number of sulfonamides is 1. The second-order valence-electron chi connectivity index (χ2n) is 5.31. The minimum atomic E-state index is -3.78. The summed E-state index contributed by atoms with van der Waals surface area (Å²) in [4.78, 5) is -0.230. The first-order valence-electron chi connectivity index (χ1n) is 6.98. The van der Waals surface area contributed by atoms with Crippen LogP contribution in [0.3, 0.4) is 0 Å². The third-order valence-corrected chi connectivity index (χ3v) is 6.06. The molecule has 110 valence electrons. The lowest BCUT2D eigenvalue weighted by Crippen LogP contribution is -2.54. The molecule has 1 aromatic carbocycles. The molecule has 1 saturated heterocycles. The first-order valence-corrected chi connectivity index (χ1v) is 8.43. The highest BCUT2D eigenvalue weighted by molar-refractivity contribution is 7.89. The molecule has 1 aliphatic carbocycles. The fourth-order valence-electron chi connectivity index (χ4n) is 3.14. The Balaban J connectivity index is 1.96. The average Bonchev–Trinajstić information content (AvgIpc) is 2.47. The molecule has 0 aromatic heterocycles. The minimum absolute atomic E-state index is 0.0425. The van der Waals surface area contributed by atoms with Gasteiger partial charge in [-0.3, -0.25) is 0 Å². The fourth-order valence-corrected chi connectivity index (χ4v) is 4.87. The van der Waals surface area contributed by atoms with Crippen LogP contribution in [-0.4, -0.2) is 38.0 Å². The summed E-state index contributed by atoms with van der Waals surface area (Å²) in [5.41, 5.74) is 0. The maximum Gasteiger partial charge on any atom is 0.246 e. The Labute approximate surface area is 118 Å². The average molecular weight is 299 g/mol. The molecule has 1 saturated carbocycles. The molecule has 2 atom stereocenters. The molecule has 2 aliphatic rings. The highest BCUT2D eigenvalue weighted by atomic mass is 32.2. The molecule has 2 fully saturated rings. The van der Waals surface area contributed by atoms with E-state index in [2.05, 4.69) is 0 Å². The standard InChI is InChI=1S/C14H18FNO3S/c15-11-5-1-4-8-14(11)20(17,18)16-9-10-19-13-7-3-2-6-12(13)16/h1,4-5,8,12-13H,2-3,6-7,9-10H2. The zero-order valence-corrected chi connectivity index (χ0v) is 12.0. The van der Waals surface area contributed by atoms with E-state index in [9.17, 15) is 12.8 Å². The van der Waals surface area contributed by atoms with Crippen LogP contribution in [0.5, 0.6) is 0 Å². The quantitative estimate of drug-likeness (QED) is 0.840. The van der Waals surface area contributed by atoms with Crippen molar-refractivity contribution in [3.63, 3.8) is 0 Å². The summed E-state index contributed by atoms with van der Waals surface area (Å²) in [6.45, 7) is 0.687. The normalized spacial score (nSPS) is 28.1. The molecular formula is C14H18FNO3S. The van der Waals surface area contributed by atoms with Gasteiger partial charge in [0.1, 0.15) is 10.7 Å². The van der Waals surface area contributed by atoms with Crippen LogP contribution in [0.2, 0.25) is 0 Å². The Morgan fingerprint density at radius 2 is 1.95 bits per heavy atom. The van der Waals surface area contributed by atoms with Crippen LogP contribution < -0.4 is 0 Å². The van der Waals surface area contributed by atoms with Gasteiger partial charge in [0, 0.05) is 6.54 Å². The molecule has 3 rings (SSSR count). The summed E-state index contributed by atoms with van der Waals surface area (Å²) in [5, 5.41) is 0. The van der Waals surface area contributed by atoms with E-state index >= 15 is 0 Å². The van der Waals surface area contributed by atoms with Crippen LogP contribution in [0.15, 0.2) is 29.2 Å². The zero-order chi connectivity index (χ0) is 14.2. The second-order valence-corrected chi connectivity index (χ2v) is 7.17. The molecule has 0 spiro atoms. The first-order chi connectivity index (χ1) is 9.60. The Morgan fingerprint density at radius 3 is 2.75 bits per heavy atom. The Morgan fingerprint density at radius 1 is 1.20 bits per heavy atom. The molecule has 4 nitrogen and oxygen atoms in total. The lowest BCUT2D eigenvalue weighted by Gasteiger charge is -2.42. The predicted octanol–water partition coefficient (Wildman–Crippen LogP) is 2.16. The smallest absolute Gasteiger partial charge is 0.246 e. The third-order valence-electron chi connectivity index (χ3n) is 4.10. The lowest BCUT2D eigenvalue weighted by atomic mass is 9.91. The second kappa shape index (κ2) is 5.42. The number of halogens is 1. The van der Waals surface area contributed by atoms with Gasteiger partial charge in [-0.15, -0.1) is 0 Å². The van der Waals surface area contributed by atoms with E-state index in [1.807, 2.05) is 0 Å². The van der Waals surface area contributed by atoms with Gasteiger partial charge in [-0.05, 0) is 25.0 Å². The van der Waals surface area contributed by atoms with Crippen LogP contribution in [0, 0.1) is 5.82 Å². The van der Waals surface area contributed by atoms with Gasteiger partial charge in [0.15, 0.2) is 0 Å². The van der Waals surface area contributed by atoms with Crippen LogP contribution >= 0.6 is 0 Å². The van der Waals surface area contributed by atoms with Crippen LogP contribution in [0.4, 0.5) is 4.39 Å². The van der Waals surface area contributed by atoms with Gasteiger partial charge in [-0.2, -0.15) is 4.31 Å². The molecule has 1 aromatic rings. The number of fused-ring (bicyclic) bond motifs is 1. The zero-order valence-electron chi connectivity index (χ0n) is 11.2. The number of nitrogens with zero attached hydrogens (tertiary/aromatic N) is 1. The lowest BCUT2D eigenvalue weighted by molar-refractivity contribution is -0.0586. The summed E-state index contributed by atoms with van der Waals surface area (Å²) < 4.78 is 46.3. The van der Waals surface area contributed by atoms with Crippen molar-refractivity contribution in [2.24, 2.45) is 0 Å². The Kier molecular flexibility index (Phi) is 3.79. The van der Waals surface area contributed by atoms with Crippen LogP contribution in [-0.2, 0) is 14.8 Å². The van der Waals surface area contributed by atoms with Crippen molar-refractivity contribution in [3.8, 4) is 0 Å². The van der Waals surface area contributed by atoms with E-state index in [0.29, 0.717) is 13.2 Å². The Bertz CT molecular complexity index is 588. The van der Waals surface area contributed by atoms with E-state index in [-0.39, 0.29) is 17.0 Å². The number of hydrogen-bond donors (Lipinski definition) is 0. The van der Waals surface area contributed by atoms with Gasteiger partial charge in [-0.25, -0.2) is 12.8 Å². The maximum absolute atomic E-state index is 13.8. The fraction of sp³-hybridized carbons (Fsp3) is 0.571. The van der Waals surface area contributed by atoms with E-state index in [4.69, 9.17) is 4.74 Å². The molecule has 6 heteroatoms. The monoisotopic (exact) mass is 299 g/mol. The SMILES string of the molecule is O=S(=O)(c1ccccc1F)N1CCOC2CCCCC21. The summed E-state index contributed by atoms with van der Waals surface area (Å²) in [6, 6.07) is 5.41. The summed E-state index contributed by atoms with van der Waals surface area (Å²) in [6.07, 6.45) is 3.69. The van der Waals surface area contributed by atoms with Gasteiger partial charge in [0.25, 0.3) is 0 Å². The predicted molar refractivity (Wildman–Crippen MR) is 72.3 cm³/mol.